The van der Waals surface area contributed by atoms with Crippen molar-refractivity contribution in [3.8, 4) is 0 Å². The van der Waals surface area contributed by atoms with Gasteiger partial charge in [-0.05, 0) is 31.3 Å². The van der Waals surface area contributed by atoms with Crippen LogP contribution in [0.2, 0.25) is 0 Å². The van der Waals surface area contributed by atoms with Gasteiger partial charge in [-0.15, -0.1) is 24.0 Å². The van der Waals surface area contributed by atoms with Crippen LogP contribution in [0.25, 0.3) is 0 Å². The average molecular weight is 417 g/mol. The Morgan fingerprint density at radius 1 is 1.47 bits per heavy atom. The molecule has 6 heteroatoms. The third kappa shape index (κ3) is 7.90. The van der Waals surface area contributed by atoms with Crippen molar-refractivity contribution < 1.29 is 0 Å². The second-order valence-corrected chi connectivity index (χ2v) is 6.91. The molecule has 1 saturated heterocycles. The molecule has 1 aliphatic rings. The largest absolute Gasteiger partial charge is 0.356 e. The molecule has 0 aliphatic carbocycles. The fourth-order valence-electron chi connectivity index (χ4n) is 2.06. The van der Waals surface area contributed by atoms with E-state index in [0.29, 0.717) is 0 Å². The molecule has 0 radical (unpaired) electrons. The van der Waals surface area contributed by atoms with Crippen LogP contribution in [-0.2, 0) is 0 Å². The Balaban J connectivity index is 0.00000324. The molecule has 1 heterocycles. The third-order valence-corrected chi connectivity index (χ3v) is 5.23. The van der Waals surface area contributed by atoms with E-state index in [2.05, 4.69) is 40.2 Å². The first-order chi connectivity index (χ1) is 8.81. The van der Waals surface area contributed by atoms with Crippen LogP contribution in [0.5, 0.6) is 0 Å². The zero-order chi connectivity index (χ0) is 13.2. The van der Waals surface area contributed by atoms with Gasteiger partial charge in [0.1, 0.15) is 0 Å². The van der Waals surface area contributed by atoms with E-state index in [1.54, 1.807) is 0 Å². The molecule has 1 rings (SSSR count). The van der Waals surface area contributed by atoms with Gasteiger partial charge >= 0.3 is 0 Å². The smallest absolute Gasteiger partial charge is 0.193 e. The van der Waals surface area contributed by atoms with Crippen molar-refractivity contribution in [3.05, 3.63) is 0 Å². The van der Waals surface area contributed by atoms with Crippen molar-refractivity contribution in [1.82, 2.24) is 10.2 Å². The molecular weight excluding hydrogens is 389 g/mol. The molecule has 0 aromatic rings. The zero-order valence-corrected chi connectivity index (χ0v) is 16.3. The Hall–Kier alpha value is 0.700. The predicted octanol–water partition coefficient (Wildman–Crippen LogP) is 3.15. The summed E-state index contributed by atoms with van der Waals surface area (Å²) in [6.45, 7) is 5.60. The lowest BCUT2D eigenvalue weighted by Crippen LogP contribution is -2.48. The lowest BCUT2D eigenvalue weighted by Gasteiger charge is -2.34. The fourth-order valence-corrected chi connectivity index (χ4v) is 3.74. The molecule has 0 spiro atoms. The van der Waals surface area contributed by atoms with Gasteiger partial charge in [0.05, 0.1) is 0 Å². The first-order valence-electron chi connectivity index (χ1n) is 6.88. The summed E-state index contributed by atoms with van der Waals surface area (Å²) in [6.07, 6.45) is 5.95. The van der Waals surface area contributed by atoms with Crippen molar-refractivity contribution in [2.45, 2.75) is 31.4 Å². The molecule has 19 heavy (non-hydrogen) atoms. The van der Waals surface area contributed by atoms with Gasteiger partial charge in [0.25, 0.3) is 0 Å². The molecule has 1 fully saturated rings. The molecule has 0 saturated carbocycles. The van der Waals surface area contributed by atoms with Gasteiger partial charge < -0.3 is 10.2 Å². The van der Waals surface area contributed by atoms with Gasteiger partial charge in [0.2, 0.25) is 0 Å². The number of halogens is 1. The highest BCUT2D eigenvalue weighted by molar-refractivity contribution is 14.0. The molecule has 0 aromatic heterocycles. The molecule has 0 amide bonds. The highest BCUT2D eigenvalue weighted by Crippen LogP contribution is 2.20. The number of nitrogens with zero attached hydrogens (tertiary/aromatic N) is 2. The van der Waals surface area contributed by atoms with Gasteiger partial charge in [0, 0.05) is 37.7 Å². The van der Waals surface area contributed by atoms with Crippen LogP contribution in [0.1, 0.15) is 26.2 Å². The highest BCUT2D eigenvalue weighted by atomic mass is 127. The fraction of sp³-hybridized carbons (Fsp3) is 0.923. The van der Waals surface area contributed by atoms with E-state index in [0.717, 1.165) is 30.8 Å². The Kier molecular flexibility index (Phi) is 12.9. The van der Waals surface area contributed by atoms with Crippen molar-refractivity contribution in [1.29, 1.82) is 0 Å². The van der Waals surface area contributed by atoms with E-state index in [1.807, 2.05) is 18.8 Å². The summed E-state index contributed by atoms with van der Waals surface area (Å²) in [5.41, 5.74) is 0. The van der Waals surface area contributed by atoms with Crippen LogP contribution in [0.3, 0.4) is 0 Å². The maximum Gasteiger partial charge on any atom is 0.193 e. The molecule has 1 N–H and O–H groups in total. The normalized spacial score (nSPS) is 20.1. The maximum absolute atomic E-state index is 4.42. The number of aliphatic imine (C=N–C) groups is 1. The van der Waals surface area contributed by atoms with Crippen LogP contribution >= 0.6 is 47.5 Å². The Morgan fingerprint density at radius 2 is 2.26 bits per heavy atom. The van der Waals surface area contributed by atoms with Gasteiger partial charge in [0.15, 0.2) is 5.96 Å². The van der Waals surface area contributed by atoms with Crippen LogP contribution in [-0.4, -0.2) is 60.6 Å². The van der Waals surface area contributed by atoms with E-state index in [9.17, 15) is 0 Å². The number of hydrogen-bond donors (Lipinski definition) is 1. The lowest BCUT2D eigenvalue weighted by molar-refractivity contribution is 0.408. The maximum atomic E-state index is 4.42. The van der Waals surface area contributed by atoms with Crippen LogP contribution in [0, 0.1) is 0 Å². The van der Waals surface area contributed by atoms with Crippen LogP contribution in [0.4, 0.5) is 0 Å². The first-order valence-corrected chi connectivity index (χ1v) is 9.32. The Labute approximate surface area is 144 Å². The van der Waals surface area contributed by atoms with E-state index < -0.39 is 0 Å². The number of rotatable bonds is 6. The summed E-state index contributed by atoms with van der Waals surface area (Å²) in [5.74, 6) is 3.59. The minimum Gasteiger partial charge on any atom is -0.356 e. The Morgan fingerprint density at radius 3 is 2.89 bits per heavy atom. The van der Waals surface area contributed by atoms with Gasteiger partial charge in [-0.2, -0.15) is 23.5 Å². The third-order valence-electron chi connectivity index (χ3n) is 3.16. The van der Waals surface area contributed by atoms with Crippen molar-refractivity contribution in [3.63, 3.8) is 0 Å². The van der Waals surface area contributed by atoms with E-state index >= 15 is 0 Å². The summed E-state index contributed by atoms with van der Waals surface area (Å²) in [4.78, 5) is 6.83. The van der Waals surface area contributed by atoms with Crippen LogP contribution < -0.4 is 5.32 Å². The van der Waals surface area contributed by atoms with Crippen molar-refractivity contribution >= 4 is 53.5 Å². The molecule has 0 bridgehead atoms. The van der Waals surface area contributed by atoms with E-state index in [4.69, 9.17) is 0 Å². The standard InChI is InChI=1S/C13H27N3S2.HI/c1-4-12-11-16(8-10-18-12)13(14-2)15-7-5-6-9-17-3;/h12H,4-11H2,1-3H3,(H,14,15);1H. The van der Waals surface area contributed by atoms with E-state index in [1.165, 1.54) is 30.8 Å². The van der Waals surface area contributed by atoms with Gasteiger partial charge in [-0.1, -0.05) is 6.92 Å². The molecule has 0 aromatic carbocycles. The van der Waals surface area contributed by atoms with Gasteiger partial charge in [-0.3, -0.25) is 4.99 Å². The molecule has 3 nitrogen and oxygen atoms in total. The summed E-state index contributed by atoms with van der Waals surface area (Å²) in [5, 5.41) is 4.27. The topological polar surface area (TPSA) is 27.6 Å². The minimum atomic E-state index is 0. The number of thioether (sulfide) groups is 2. The summed E-state index contributed by atoms with van der Waals surface area (Å²) in [6, 6.07) is 0. The van der Waals surface area contributed by atoms with E-state index in [-0.39, 0.29) is 24.0 Å². The quantitative estimate of drug-likeness (QED) is 0.311. The lowest BCUT2D eigenvalue weighted by atomic mass is 10.3. The predicted molar refractivity (Wildman–Crippen MR) is 103 cm³/mol. The average Bonchev–Trinajstić information content (AvgIpc) is 2.43. The molecular formula is C13H28IN3S2. The first kappa shape index (κ1) is 19.7. The molecule has 1 aliphatic heterocycles. The zero-order valence-electron chi connectivity index (χ0n) is 12.4. The van der Waals surface area contributed by atoms with Crippen molar-refractivity contribution in [2.24, 2.45) is 4.99 Å². The van der Waals surface area contributed by atoms with Gasteiger partial charge in [-0.25, -0.2) is 0 Å². The number of guanidine groups is 1. The summed E-state index contributed by atoms with van der Waals surface area (Å²) < 4.78 is 0. The molecule has 1 unspecified atom stereocenters. The van der Waals surface area contributed by atoms with Crippen molar-refractivity contribution in [2.75, 3.05) is 44.4 Å². The monoisotopic (exact) mass is 417 g/mol. The number of nitrogens with one attached hydrogen (secondary N) is 1. The minimum absolute atomic E-state index is 0. The summed E-state index contributed by atoms with van der Waals surface area (Å²) >= 11 is 4.03. The molecule has 1 atom stereocenters. The number of hydrogen-bond acceptors (Lipinski definition) is 3. The SMILES string of the molecule is CCC1CN(C(=NC)NCCCCSC)CCS1.I. The second-order valence-electron chi connectivity index (χ2n) is 4.52. The Bertz CT molecular complexity index is 252. The highest BCUT2D eigenvalue weighted by Gasteiger charge is 2.20. The second kappa shape index (κ2) is 12.4. The number of unbranched alkanes of at least 4 members (excludes halogenated alkanes) is 1. The summed E-state index contributed by atoms with van der Waals surface area (Å²) in [7, 11) is 1.90. The molecule has 114 valence electrons. The van der Waals surface area contributed by atoms with Crippen LogP contribution in [0.15, 0.2) is 4.99 Å².